The van der Waals surface area contributed by atoms with Crippen LogP contribution in [0.25, 0.3) is 0 Å². The van der Waals surface area contributed by atoms with E-state index >= 15 is 0 Å². The molecule has 3 aliphatic carbocycles. The first-order valence-corrected chi connectivity index (χ1v) is 21.7. The summed E-state index contributed by atoms with van der Waals surface area (Å²) in [6, 6.07) is 32.7. The molecule has 0 unspecified atom stereocenters. The Morgan fingerprint density at radius 1 is 0.342 bits per heavy atom. The number of hydrogen-bond acceptors (Lipinski definition) is 0. The molecule has 0 atom stereocenters. The number of hydrogen-bond donors (Lipinski definition) is 0. The molecule has 0 saturated heterocycles. The van der Waals surface area contributed by atoms with Gasteiger partial charge in [0.25, 0.3) is 0 Å². The summed E-state index contributed by atoms with van der Waals surface area (Å²) in [6.45, 7) is 0. The van der Waals surface area contributed by atoms with E-state index in [9.17, 15) is 0 Å². The van der Waals surface area contributed by atoms with Crippen LogP contribution < -0.4 is 13.1 Å². The Morgan fingerprint density at radius 2 is 0.605 bits per heavy atom. The van der Waals surface area contributed by atoms with E-state index in [2.05, 4.69) is 91.0 Å². The summed E-state index contributed by atoms with van der Waals surface area (Å²) in [4.78, 5) is 0. The molecule has 0 radical (unpaired) electrons. The van der Waals surface area contributed by atoms with Crippen LogP contribution in [0.4, 0.5) is 0 Å². The van der Waals surface area contributed by atoms with Gasteiger partial charge in [0, 0.05) is 0 Å². The van der Waals surface area contributed by atoms with Gasteiger partial charge in [0.1, 0.15) is 0 Å². The topological polar surface area (TPSA) is 0 Å². The first kappa shape index (κ1) is 28.3. The van der Waals surface area contributed by atoms with E-state index in [1.54, 1.807) is 96.3 Å². The maximum absolute atomic E-state index is 2.26. The van der Waals surface area contributed by atoms with Crippen LogP contribution in [0.15, 0.2) is 91.0 Å². The van der Waals surface area contributed by atoms with Crippen LogP contribution in [0.1, 0.15) is 96.3 Å². The second kappa shape index (κ2) is 15.5. The van der Waals surface area contributed by atoms with E-state index in [4.69, 9.17) is 0 Å². The van der Waals surface area contributed by atoms with Gasteiger partial charge in [-0.2, -0.15) is 0 Å². The molecule has 202 valence electrons. The van der Waals surface area contributed by atoms with E-state index in [0.717, 1.165) is 0 Å². The predicted octanol–water partition coefficient (Wildman–Crippen LogP) is 8.69. The normalized spacial score (nSPS) is 19.7. The van der Waals surface area contributed by atoms with Gasteiger partial charge in [-0.1, -0.05) is 0 Å². The molecule has 3 aliphatic rings. The molecule has 3 fully saturated rings. The second-order valence-electron chi connectivity index (χ2n) is 11.7. The molecule has 0 heterocycles. The Bertz CT molecular complexity index is 880. The van der Waals surface area contributed by atoms with E-state index in [1.165, 1.54) is 27.2 Å². The monoisotopic (exact) mass is 630 g/mol. The number of rotatable bonds is 6. The van der Waals surface area contributed by atoms with Gasteiger partial charge in [0.05, 0.1) is 0 Å². The van der Waals surface area contributed by atoms with Crippen molar-refractivity contribution >= 4 is 42.4 Å². The van der Waals surface area contributed by atoms with Crippen molar-refractivity contribution in [2.45, 2.75) is 110 Å². The van der Waals surface area contributed by atoms with Gasteiger partial charge >= 0.3 is 244 Å². The molecule has 3 aromatic rings. The summed E-state index contributed by atoms with van der Waals surface area (Å²) < 4.78 is 8.25. The summed E-state index contributed by atoms with van der Waals surface area (Å²) >= 11 is -1.95. The summed E-state index contributed by atoms with van der Waals surface area (Å²) in [5.41, 5.74) is 0. The van der Waals surface area contributed by atoms with Crippen molar-refractivity contribution in [3.8, 4) is 0 Å². The molecule has 0 spiro atoms. The molecule has 38 heavy (non-hydrogen) atoms. The fraction of sp³-hybridized carbons (Fsp3) is 0.500. The van der Waals surface area contributed by atoms with Crippen molar-refractivity contribution in [3.05, 3.63) is 91.0 Å². The summed E-state index contributed by atoms with van der Waals surface area (Å²) in [5, 5.41) is 0. The van der Waals surface area contributed by atoms with E-state index in [1.807, 2.05) is 0 Å². The molecular weight excluding hydrogens is 582 g/mol. The zero-order chi connectivity index (χ0) is 25.8. The van der Waals surface area contributed by atoms with Crippen LogP contribution in [-0.4, -0.2) is 29.3 Å². The molecular formula is C36H48As2. The summed E-state index contributed by atoms with van der Waals surface area (Å²) in [5.74, 6) is 0. The van der Waals surface area contributed by atoms with Gasteiger partial charge in [-0.25, -0.2) is 0 Å². The van der Waals surface area contributed by atoms with Gasteiger partial charge in [0.15, 0.2) is 0 Å². The minimum absolute atomic E-state index is 0.559. The molecule has 2 heteroatoms. The second-order valence-corrected chi connectivity index (χ2v) is 22.8. The van der Waals surface area contributed by atoms with Crippen molar-refractivity contribution in [2.24, 2.45) is 0 Å². The third-order valence-electron chi connectivity index (χ3n) is 9.03. The van der Waals surface area contributed by atoms with Gasteiger partial charge in [-0.3, -0.25) is 0 Å². The Morgan fingerprint density at radius 3 is 0.868 bits per heavy atom. The van der Waals surface area contributed by atoms with Crippen LogP contribution >= 0.6 is 0 Å². The van der Waals surface area contributed by atoms with Crippen molar-refractivity contribution in [3.63, 3.8) is 0 Å². The molecule has 0 amide bonds. The zero-order valence-corrected chi connectivity index (χ0v) is 27.1. The zero-order valence-electron chi connectivity index (χ0n) is 23.4. The summed E-state index contributed by atoms with van der Waals surface area (Å²) in [6.07, 6.45) is 24.0. The Hall–Kier alpha value is -1.22. The van der Waals surface area contributed by atoms with E-state index in [-0.39, 0.29) is 0 Å². The van der Waals surface area contributed by atoms with Crippen LogP contribution in [0.3, 0.4) is 0 Å². The molecule has 0 nitrogen and oxygen atoms in total. The van der Waals surface area contributed by atoms with Crippen molar-refractivity contribution in [2.75, 3.05) is 0 Å². The van der Waals surface area contributed by atoms with Crippen LogP contribution in [-0.2, 0) is 0 Å². The molecule has 3 aromatic carbocycles. The standard InChI is InChI=1S/C18H33As.C18H15As/c2*1-4-10-16(11-5-1)19(17-12-6-2-7-13-17)18-14-8-3-9-15-18/h16-18H,1-15H2;1-15H. The quantitative estimate of drug-likeness (QED) is 0.239. The third-order valence-corrected chi connectivity index (χ3v) is 22.7. The fourth-order valence-corrected chi connectivity index (χ4v) is 21.9. The molecule has 3 saturated carbocycles. The first-order chi connectivity index (χ1) is 18.9. The molecule has 6 rings (SSSR count). The third kappa shape index (κ3) is 7.92. The summed E-state index contributed by atoms with van der Waals surface area (Å²) in [7, 11) is 0. The SMILES string of the molecule is C1CCC([As](C2CCCCC2)C2CCCCC2)CC1.c1ccc([As](c2ccccc2)c2ccccc2)cc1. The van der Waals surface area contributed by atoms with Crippen molar-refractivity contribution in [1.82, 2.24) is 0 Å². The first-order valence-electron chi connectivity index (χ1n) is 15.6. The van der Waals surface area contributed by atoms with E-state index < -0.39 is 29.3 Å². The molecule has 0 bridgehead atoms. The number of benzene rings is 3. The Balaban J connectivity index is 0.000000155. The molecule has 0 N–H and O–H groups in total. The minimum atomic E-state index is -1.39. The Labute approximate surface area is 242 Å². The van der Waals surface area contributed by atoms with Crippen molar-refractivity contribution in [1.29, 1.82) is 0 Å². The van der Waals surface area contributed by atoms with Gasteiger partial charge in [-0.15, -0.1) is 0 Å². The van der Waals surface area contributed by atoms with Gasteiger partial charge < -0.3 is 0 Å². The van der Waals surface area contributed by atoms with Gasteiger partial charge in [-0.05, 0) is 0 Å². The Kier molecular flexibility index (Phi) is 11.6. The van der Waals surface area contributed by atoms with E-state index in [0.29, 0.717) is 0 Å². The van der Waals surface area contributed by atoms with Crippen LogP contribution in [0, 0.1) is 0 Å². The fourth-order valence-electron chi connectivity index (χ4n) is 7.21. The van der Waals surface area contributed by atoms with Gasteiger partial charge in [0.2, 0.25) is 0 Å². The van der Waals surface area contributed by atoms with Crippen molar-refractivity contribution < 1.29 is 0 Å². The molecule has 0 aromatic heterocycles. The average Bonchev–Trinajstić information content (AvgIpc) is 3.01. The maximum atomic E-state index is 2.26. The molecule has 0 aliphatic heterocycles. The van der Waals surface area contributed by atoms with Crippen LogP contribution in [0.2, 0.25) is 14.1 Å². The van der Waals surface area contributed by atoms with Crippen LogP contribution in [0.5, 0.6) is 0 Å². The average molecular weight is 631 g/mol. The predicted molar refractivity (Wildman–Crippen MR) is 170 cm³/mol.